The number of fused-ring (bicyclic) bond motifs is 5. The summed E-state index contributed by atoms with van der Waals surface area (Å²) in [6.45, 7) is 6.36. The molecule has 4 unspecified atom stereocenters. The van der Waals surface area contributed by atoms with Gasteiger partial charge in [0.25, 0.3) is 0 Å². The third-order valence-corrected chi connectivity index (χ3v) is 10.0. The van der Waals surface area contributed by atoms with Gasteiger partial charge in [-0.2, -0.15) is 9.97 Å². The summed E-state index contributed by atoms with van der Waals surface area (Å²) in [5, 5.41) is 15.1. The van der Waals surface area contributed by atoms with E-state index in [2.05, 4.69) is 37.6 Å². The fraction of sp³-hybridized carbons (Fsp3) is 0.400. The van der Waals surface area contributed by atoms with Crippen molar-refractivity contribution in [2.45, 2.75) is 49.5 Å². The van der Waals surface area contributed by atoms with E-state index in [1.54, 1.807) is 0 Å². The molecule has 2 aromatic carbocycles. The van der Waals surface area contributed by atoms with Crippen LogP contribution in [0.25, 0.3) is 32.9 Å². The van der Waals surface area contributed by atoms with Crippen molar-refractivity contribution in [3.05, 3.63) is 53.6 Å². The molecule has 4 aliphatic heterocycles. The van der Waals surface area contributed by atoms with Gasteiger partial charge in [-0.25, -0.2) is 18.2 Å². The minimum absolute atomic E-state index is 0.0481. The van der Waals surface area contributed by atoms with Crippen LogP contribution in [-0.2, 0) is 0 Å². The van der Waals surface area contributed by atoms with Gasteiger partial charge >= 0.3 is 6.01 Å². The van der Waals surface area contributed by atoms with E-state index in [0.717, 1.165) is 18.4 Å². The van der Waals surface area contributed by atoms with Crippen LogP contribution in [0.3, 0.4) is 0 Å². The van der Waals surface area contributed by atoms with Crippen LogP contribution in [0.15, 0.2) is 36.4 Å². The van der Waals surface area contributed by atoms with Gasteiger partial charge in [-0.05, 0) is 42.8 Å². The molecule has 9 nitrogen and oxygen atoms in total. The van der Waals surface area contributed by atoms with Crippen LogP contribution >= 0.6 is 0 Å². The smallest absolute Gasteiger partial charge is 0.319 e. The number of methoxy groups -OCH3 is 1. The SMILES string of the molecule is C#Cc1c(F)ccc2cc(O)cc(-c3nc(OC)c4c(N5CC6CCC(C5)N6)nc(OCC56CC(=C)CN5CC(F)C6)nc4c3F)c12. The van der Waals surface area contributed by atoms with Crippen molar-refractivity contribution >= 4 is 27.5 Å². The number of terminal acetylenes is 1. The van der Waals surface area contributed by atoms with Gasteiger partial charge in [-0.1, -0.05) is 24.1 Å². The zero-order valence-electron chi connectivity index (χ0n) is 25.8. The molecule has 4 aliphatic rings. The van der Waals surface area contributed by atoms with Crippen LogP contribution < -0.4 is 19.7 Å². The zero-order valence-corrected chi connectivity index (χ0v) is 25.8. The van der Waals surface area contributed by atoms with E-state index < -0.39 is 23.3 Å². The Morgan fingerprint density at radius 3 is 2.66 bits per heavy atom. The molecule has 47 heavy (non-hydrogen) atoms. The summed E-state index contributed by atoms with van der Waals surface area (Å²) in [6, 6.07) is 5.78. The second kappa shape index (κ2) is 11.0. The average molecular weight is 643 g/mol. The normalized spacial score (nSPS) is 25.5. The highest BCUT2D eigenvalue weighted by molar-refractivity contribution is 6.04. The van der Waals surface area contributed by atoms with Crippen LogP contribution in [0.1, 0.15) is 31.2 Å². The Kier molecular flexibility index (Phi) is 6.97. The Labute approximate surface area is 269 Å². The second-order valence-electron chi connectivity index (χ2n) is 13.2. The van der Waals surface area contributed by atoms with E-state index in [0.29, 0.717) is 50.2 Å². The summed E-state index contributed by atoms with van der Waals surface area (Å²) >= 11 is 0. The third kappa shape index (κ3) is 4.83. The van der Waals surface area contributed by atoms with E-state index in [-0.39, 0.29) is 69.4 Å². The lowest BCUT2D eigenvalue weighted by molar-refractivity contribution is 0.107. The van der Waals surface area contributed by atoms with Crippen LogP contribution in [0.5, 0.6) is 17.6 Å². The number of halogens is 3. The molecule has 8 rings (SSSR count). The van der Waals surface area contributed by atoms with Crippen LogP contribution in [-0.4, -0.2) is 88.6 Å². The highest BCUT2D eigenvalue weighted by atomic mass is 19.1. The van der Waals surface area contributed by atoms with Crippen LogP contribution in [0.4, 0.5) is 19.0 Å². The minimum atomic E-state index is -0.985. The number of piperazine rings is 1. The molecule has 4 fully saturated rings. The molecule has 2 aromatic heterocycles. The molecule has 12 heteroatoms. The molecule has 0 saturated carbocycles. The van der Waals surface area contributed by atoms with Gasteiger partial charge in [0.15, 0.2) is 5.82 Å². The first-order valence-electron chi connectivity index (χ1n) is 15.7. The first-order chi connectivity index (χ1) is 22.7. The zero-order chi connectivity index (χ0) is 32.6. The molecule has 6 heterocycles. The lowest BCUT2D eigenvalue weighted by Gasteiger charge is -2.34. The predicted octanol–water partition coefficient (Wildman–Crippen LogP) is 4.88. The Bertz CT molecular complexity index is 2010. The van der Waals surface area contributed by atoms with Crippen LogP contribution in [0, 0.1) is 24.0 Å². The fourth-order valence-corrected chi connectivity index (χ4v) is 8.09. The van der Waals surface area contributed by atoms with Crippen molar-refractivity contribution in [3.63, 3.8) is 0 Å². The van der Waals surface area contributed by atoms with Crippen molar-refractivity contribution in [2.75, 3.05) is 44.8 Å². The summed E-state index contributed by atoms with van der Waals surface area (Å²) < 4.78 is 58.6. The molecule has 0 radical (unpaired) electrons. The Hall–Kier alpha value is -4.60. The molecular weight excluding hydrogens is 609 g/mol. The minimum Gasteiger partial charge on any atom is -0.508 e. The topological polar surface area (TPSA) is 95.9 Å². The first kappa shape index (κ1) is 29.8. The maximum atomic E-state index is 17.0. The number of pyridine rings is 1. The molecule has 0 amide bonds. The Balaban J connectivity index is 1.32. The number of ether oxygens (including phenoxy) is 2. The summed E-state index contributed by atoms with van der Waals surface area (Å²) in [7, 11) is 1.42. The number of rotatable bonds is 6. The maximum Gasteiger partial charge on any atom is 0.319 e. The lowest BCUT2D eigenvalue weighted by atomic mass is 9.93. The molecule has 4 atom stereocenters. The summed E-state index contributed by atoms with van der Waals surface area (Å²) in [4.78, 5) is 18.1. The Morgan fingerprint density at radius 1 is 1.13 bits per heavy atom. The number of phenols is 1. The fourth-order valence-electron chi connectivity index (χ4n) is 8.09. The van der Waals surface area contributed by atoms with Crippen molar-refractivity contribution < 1.29 is 27.8 Å². The standard InChI is InChI=1S/C35H33F3N6O3/c1-4-24-26(37)8-5-19-9-23(45)10-25(27(19)24)30-29(38)31-28(33(40-30)46-3)32(43-15-21-6-7-22(16-43)39-21)42-34(41-31)47-17-35-11-18(2)13-44(35)14-20(36)12-35/h1,5,8-10,20-22,39,45H,2,6-7,11-17H2,3H3. The predicted molar refractivity (Wildman–Crippen MR) is 172 cm³/mol. The van der Waals surface area contributed by atoms with Gasteiger partial charge in [0.1, 0.15) is 46.8 Å². The first-order valence-corrected chi connectivity index (χ1v) is 15.7. The van der Waals surface area contributed by atoms with Gasteiger partial charge in [-0.3, -0.25) is 4.90 Å². The highest BCUT2D eigenvalue weighted by Gasteiger charge is 2.51. The summed E-state index contributed by atoms with van der Waals surface area (Å²) in [5.41, 5.74) is 0.0515. The third-order valence-electron chi connectivity index (χ3n) is 10.0. The quantitative estimate of drug-likeness (QED) is 0.226. The van der Waals surface area contributed by atoms with E-state index in [9.17, 15) is 13.9 Å². The molecule has 0 spiro atoms. The van der Waals surface area contributed by atoms with Gasteiger partial charge < -0.3 is 24.8 Å². The molecule has 4 saturated heterocycles. The van der Waals surface area contributed by atoms with E-state index in [1.165, 1.54) is 31.4 Å². The molecule has 242 valence electrons. The second-order valence-corrected chi connectivity index (χ2v) is 13.2. The summed E-state index contributed by atoms with van der Waals surface area (Å²) in [6.07, 6.45) is 7.61. The van der Waals surface area contributed by atoms with Crippen molar-refractivity contribution in [2.24, 2.45) is 0 Å². The molecule has 4 aromatic rings. The van der Waals surface area contributed by atoms with Crippen molar-refractivity contribution in [1.82, 2.24) is 25.2 Å². The number of anilines is 1. The number of hydrogen-bond acceptors (Lipinski definition) is 9. The number of nitrogens with zero attached hydrogens (tertiary/aromatic N) is 5. The van der Waals surface area contributed by atoms with Gasteiger partial charge in [0, 0.05) is 55.6 Å². The average Bonchev–Trinajstić information content (AvgIpc) is 3.66. The van der Waals surface area contributed by atoms with Gasteiger partial charge in [0.2, 0.25) is 5.88 Å². The monoisotopic (exact) mass is 642 g/mol. The molecule has 0 aliphatic carbocycles. The molecule has 2 bridgehead atoms. The number of aromatic nitrogens is 3. The largest absolute Gasteiger partial charge is 0.508 e. The number of hydrogen-bond donors (Lipinski definition) is 2. The highest BCUT2D eigenvalue weighted by Crippen LogP contribution is 2.44. The van der Waals surface area contributed by atoms with Gasteiger partial charge in [-0.15, -0.1) is 6.42 Å². The van der Waals surface area contributed by atoms with Crippen molar-refractivity contribution in [3.8, 4) is 41.2 Å². The Morgan fingerprint density at radius 2 is 1.91 bits per heavy atom. The molecule has 2 N–H and O–H groups in total. The van der Waals surface area contributed by atoms with E-state index in [4.69, 9.17) is 20.9 Å². The van der Waals surface area contributed by atoms with Crippen LogP contribution in [0.2, 0.25) is 0 Å². The van der Waals surface area contributed by atoms with E-state index in [1.807, 2.05) is 0 Å². The number of phenolic OH excluding ortho intramolecular Hbond substituents is 1. The summed E-state index contributed by atoms with van der Waals surface area (Å²) in [5.74, 6) is 1.13. The van der Waals surface area contributed by atoms with Gasteiger partial charge in [0.05, 0.1) is 18.2 Å². The number of aromatic hydroxyl groups is 1. The number of alkyl halides is 1. The number of nitrogens with one attached hydrogen (secondary N) is 1. The lowest BCUT2D eigenvalue weighted by Crippen LogP contribution is -2.51. The number of benzene rings is 2. The van der Waals surface area contributed by atoms with Crippen molar-refractivity contribution in [1.29, 1.82) is 0 Å². The molecular formula is C35H33F3N6O3. The van der Waals surface area contributed by atoms with E-state index >= 15 is 4.39 Å². The maximum absolute atomic E-state index is 17.0.